The molecule has 0 aliphatic rings. The van der Waals surface area contributed by atoms with E-state index in [1.807, 2.05) is 6.07 Å². The summed E-state index contributed by atoms with van der Waals surface area (Å²) in [5, 5.41) is 5.49. The van der Waals surface area contributed by atoms with Crippen LogP contribution in [0.5, 0.6) is 0 Å². The average molecular weight is 430 g/mol. The van der Waals surface area contributed by atoms with Crippen LogP contribution in [0.3, 0.4) is 0 Å². The van der Waals surface area contributed by atoms with Gasteiger partial charge in [-0.1, -0.05) is 30.3 Å². The molecule has 0 bridgehead atoms. The molecule has 32 heavy (non-hydrogen) atoms. The average Bonchev–Trinajstić information content (AvgIpc) is 2.80. The summed E-state index contributed by atoms with van der Waals surface area (Å²) in [6.45, 7) is 0.0676. The van der Waals surface area contributed by atoms with Gasteiger partial charge in [0.25, 0.3) is 11.5 Å². The van der Waals surface area contributed by atoms with E-state index in [2.05, 4.69) is 15.6 Å². The maximum atomic E-state index is 13.3. The number of amides is 2. The van der Waals surface area contributed by atoms with Gasteiger partial charge in [0.15, 0.2) is 0 Å². The van der Waals surface area contributed by atoms with Crippen LogP contribution < -0.4 is 16.2 Å². The number of nitrogens with one attached hydrogen (secondary N) is 2. The minimum absolute atomic E-state index is 0.141. The van der Waals surface area contributed by atoms with Crippen LogP contribution in [0.25, 0.3) is 11.0 Å². The molecule has 0 radical (unpaired) electrons. The number of aromatic nitrogens is 2. The summed E-state index contributed by atoms with van der Waals surface area (Å²) in [6, 6.07) is 19.5. The number of para-hydroxylation sites is 2. The second-order valence-corrected chi connectivity index (χ2v) is 7.11. The van der Waals surface area contributed by atoms with E-state index in [0.717, 1.165) is 11.6 Å². The number of rotatable bonds is 6. The van der Waals surface area contributed by atoms with Crippen LogP contribution in [0.4, 0.5) is 10.1 Å². The Hall–Kier alpha value is -4.33. The van der Waals surface area contributed by atoms with Gasteiger partial charge < -0.3 is 10.6 Å². The van der Waals surface area contributed by atoms with Gasteiger partial charge in [-0.2, -0.15) is 0 Å². The second-order valence-electron chi connectivity index (χ2n) is 7.11. The predicted octanol–water partition coefficient (Wildman–Crippen LogP) is 3.10. The van der Waals surface area contributed by atoms with Gasteiger partial charge >= 0.3 is 0 Å². The van der Waals surface area contributed by atoms with Crippen molar-refractivity contribution >= 4 is 28.5 Å². The number of carbonyl (C=O) groups is 2. The number of hydrogen-bond acceptors (Lipinski definition) is 4. The molecular weight excluding hydrogens is 411 g/mol. The molecule has 7 nitrogen and oxygen atoms in total. The standard InChI is InChI=1S/C24H19FN4O3/c25-18-7-4-6-17(12-18)24(32)28-19-8-3-5-16(11-19)13-27-22(30)15-29-21-10-2-1-9-20(21)26-14-23(29)31/h1-12,14H,13,15H2,(H,27,30)(H,28,32). The van der Waals surface area contributed by atoms with Crippen molar-refractivity contribution in [3.63, 3.8) is 0 Å². The zero-order valence-corrected chi connectivity index (χ0v) is 16.9. The van der Waals surface area contributed by atoms with E-state index in [0.29, 0.717) is 16.7 Å². The van der Waals surface area contributed by atoms with Crippen LogP contribution in [-0.4, -0.2) is 21.4 Å². The van der Waals surface area contributed by atoms with Gasteiger partial charge in [0.05, 0.1) is 17.2 Å². The van der Waals surface area contributed by atoms with Crippen molar-refractivity contribution in [3.05, 3.63) is 106 Å². The highest BCUT2D eigenvalue weighted by Gasteiger charge is 2.10. The molecule has 3 aromatic carbocycles. The molecule has 0 fully saturated rings. The lowest BCUT2D eigenvalue weighted by Gasteiger charge is -2.11. The third kappa shape index (κ3) is 4.86. The zero-order chi connectivity index (χ0) is 22.5. The van der Waals surface area contributed by atoms with Crippen molar-refractivity contribution in [3.8, 4) is 0 Å². The van der Waals surface area contributed by atoms with E-state index >= 15 is 0 Å². The molecule has 160 valence electrons. The Balaban J connectivity index is 1.40. The minimum Gasteiger partial charge on any atom is -0.350 e. The minimum atomic E-state index is -0.491. The number of halogens is 1. The summed E-state index contributed by atoms with van der Waals surface area (Å²) in [6.07, 6.45) is 1.19. The van der Waals surface area contributed by atoms with Crippen LogP contribution >= 0.6 is 0 Å². The first-order chi connectivity index (χ1) is 15.5. The van der Waals surface area contributed by atoms with Crippen molar-refractivity contribution in [2.24, 2.45) is 0 Å². The number of nitrogens with zero attached hydrogens (tertiary/aromatic N) is 2. The van der Waals surface area contributed by atoms with Crippen LogP contribution in [0.1, 0.15) is 15.9 Å². The number of carbonyl (C=O) groups excluding carboxylic acids is 2. The Labute approximate surface area is 182 Å². The van der Waals surface area contributed by atoms with Crippen LogP contribution in [0.15, 0.2) is 83.8 Å². The Morgan fingerprint density at radius 1 is 0.969 bits per heavy atom. The Morgan fingerprint density at radius 3 is 2.62 bits per heavy atom. The molecule has 2 amide bonds. The molecule has 0 aliphatic heterocycles. The molecule has 0 saturated heterocycles. The fraction of sp³-hybridized carbons (Fsp3) is 0.0833. The maximum Gasteiger partial charge on any atom is 0.269 e. The lowest BCUT2D eigenvalue weighted by atomic mass is 10.1. The van der Waals surface area contributed by atoms with E-state index in [-0.39, 0.29) is 30.1 Å². The van der Waals surface area contributed by atoms with Gasteiger partial charge in [0.1, 0.15) is 12.4 Å². The third-order valence-electron chi connectivity index (χ3n) is 4.82. The Morgan fingerprint density at radius 2 is 1.78 bits per heavy atom. The van der Waals surface area contributed by atoms with Crippen molar-refractivity contribution in [1.82, 2.24) is 14.9 Å². The van der Waals surface area contributed by atoms with E-state index in [4.69, 9.17) is 0 Å². The van der Waals surface area contributed by atoms with E-state index < -0.39 is 11.7 Å². The molecule has 2 N–H and O–H groups in total. The molecule has 0 aliphatic carbocycles. The number of hydrogen-bond donors (Lipinski definition) is 2. The highest BCUT2D eigenvalue weighted by atomic mass is 19.1. The quantitative estimate of drug-likeness (QED) is 0.492. The number of anilines is 1. The molecule has 0 saturated carbocycles. The molecule has 4 rings (SSSR count). The van der Waals surface area contributed by atoms with Gasteiger partial charge in [-0.15, -0.1) is 0 Å². The summed E-state index contributed by atoms with van der Waals surface area (Å²) in [4.78, 5) is 41.0. The van der Waals surface area contributed by atoms with Crippen molar-refractivity contribution in [2.45, 2.75) is 13.1 Å². The number of fused-ring (bicyclic) bond motifs is 1. The fourth-order valence-corrected chi connectivity index (χ4v) is 3.27. The highest BCUT2D eigenvalue weighted by molar-refractivity contribution is 6.04. The topological polar surface area (TPSA) is 93.1 Å². The third-order valence-corrected chi connectivity index (χ3v) is 4.82. The fourth-order valence-electron chi connectivity index (χ4n) is 3.27. The van der Waals surface area contributed by atoms with E-state index in [1.165, 1.54) is 29.0 Å². The summed E-state index contributed by atoms with van der Waals surface area (Å²) in [7, 11) is 0. The van der Waals surface area contributed by atoms with E-state index in [1.54, 1.807) is 42.5 Å². The largest absolute Gasteiger partial charge is 0.350 e. The molecule has 4 aromatic rings. The molecule has 1 aromatic heterocycles. The monoisotopic (exact) mass is 430 g/mol. The van der Waals surface area contributed by atoms with Crippen LogP contribution in [0.2, 0.25) is 0 Å². The highest BCUT2D eigenvalue weighted by Crippen LogP contribution is 2.13. The Bertz CT molecular complexity index is 1370. The first kappa shape index (κ1) is 20.9. The molecule has 0 atom stereocenters. The van der Waals surface area contributed by atoms with E-state index in [9.17, 15) is 18.8 Å². The first-order valence-corrected chi connectivity index (χ1v) is 9.87. The van der Waals surface area contributed by atoms with Crippen LogP contribution in [-0.2, 0) is 17.9 Å². The van der Waals surface area contributed by atoms with Gasteiger partial charge in [0.2, 0.25) is 5.91 Å². The van der Waals surface area contributed by atoms with Gasteiger partial charge in [-0.25, -0.2) is 9.37 Å². The van der Waals surface area contributed by atoms with Crippen molar-refractivity contribution < 1.29 is 14.0 Å². The second kappa shape index (κ2) is 9.22. The van der Waals surface area contributed by atoms with Crippen LogP contribution in [0, 0.1) is 5.82 Å². The van der Waals surface area contributed by atoms with Gasteiger partial charge in [-0.05, 0) is 48.0 Å². The lowest BCUT2D eigenvalue weighted by molar-refractivity contribution is -0.121. The zero-order valence-electron chi connectivity index (χ0n) is 16.9. The predicted molar refractivity (Wildman–Crippen MR) is 119 cm³/mol. The van der Waals surface area contributed by atoms with Crippen molar-refractivity contribution in [1.29, 1.82) is 0 Å². The SMILES string of the molecule is O=C(Cn1c(=O)cnc2ccccc21)NCc1cccc(NC(=O)c2cccc(F)c2)c1. The summed E-state index contributed by atoms with van der Waals surface area (Å²) < 4.78 is 14.7. The molecular formula is C24H19FN4O3. The van der Waals surface area contributed by atoms with Crippen molar-refractivity contribution in [2.75, 3.05) is 5.32 Å². The summed E-state index contributed by atoms with van der Waals surface area (Å²) in [5.74, 6) is -1.26. The Kier molecular flexibility index (Phi) is 6.03. The van der Waals surface area contributed by atoms with Gasteiger partial charge in [-0.3, -0.25) is 19.0 Å². The summed E-state index contributed by atoms with van der Waals surface area (Å²) >= 11 is 0. The molecule has 0 unspecified atom stereocenters. The molecule has 1 heterocycles. The lowest BCUT2D eigenvalue weighted by Crippen LogP contribution is -2.32. The molecule has 0 spiro atoms. The van der Waals surface area contributed by atoms with Gasteiger partial charge in [0, 0.05) is 17.8 Å². The molecule has 8 heteroatoms. The summed E-state index contributed by atoms with van der Waals surface area (Å²) in [5.41, 5.74) is 2.32. The maximum absolute atomic E-state index is 13.3. The normalized spacial score (nSPS) is 10.7. The first-order valence-electron chi connectivity index (χ1n) is 9.87. The smallest absolute Gasteiger partial charge is 0.269 e. The number of benzene rings is 3.